The summed E-state index contributed by atoms with van der Waals surface area (Å²) in [5, 5.41) is 5.33. The first-order valence-electron chi connectivity index (χ1n) is 9.80. The molecule has 1 aromatic heterocycles. The van der Waals surface area contributed by atoms with E-state index in [1.54, 1.807) is 10.7 Å². The summed E-state index contributed by atoms with van der Waals surface area (Å²) in [6, 6.07) is 22.7. The number of carbonyl (C=O) groups excluding carboxylic acids is 1. The van der Waals surface area contributed by atoms with E-state index in [0.717, 1.165) is 32.3 Å². The van der Waals surface area contributed by atoms with Crippen molar-refractivity contribution < 1.29 is 9.53 Å². The number of aryl methyl sites for hydroxylation is 3. The van der Waals surface area contributed by atoms with Gasteiger partial charge in [0, 0.05) is 9.92 Å². The first-order valence-corrected chi connectivity index (χ1v) is 11.0. The lowest BCUT2D eigenvalue weighted by Crippen LogP contribution is -2.12. The first kappa shape index (κ1) is 21.2. The van der Waals surface area contributed by atoms with Gasteiger partial charge in [0.05, 0.1) is 21.8 Å². The summed E-state index contributed by atoms with van der Waals surface area (Å²) in [6.07, 6.45) is 0. The number of nitrogens with zero attached hydrogens (tertiary/aromatic N) is 2. The summed E-state index contributed by atoms with van der Waals surface area (Å²) >= 11 is 7.52. The number of carbonyl (C=O) groups is 1. The second-order valence-corrected chi connectivity index (χ2v) is 8.73. The number of esters is 1. The van der Waals surface area contributed by atoms with E-state index in [-0.39, 0.29) is 0 Å². The van der Waals surface area contributed by atoms with Crippen molar-refractivity contribution in [2.75, 3.05) is 0 Å². The van der Waals surface area contributed by atoms with Gasteiger partial charge in [-0.3, -0.25) is 0 Å². The SMILES string of the molecule is Cc1ccc(C(=O)Oc2c(Sc3ccc(Cl)cc3)c(C)nn2-c2ccccc2)cc1C. The van der Waals surface area contributed by atoms with Gasteiger partial charge in [0.15, 0.2) is 0 Å². The van der Waals surface area contributed by atoms with Gasteiger partial charge in [-0.1, -0.05) is 47.6 Å². The molecule has 0 aliphatic rings. The fourth-order valence-corrected chi connectivity index (χ4v) is 4.12. The van der Waals surface area contributed by atoms with Gasteiger partial charge in [-0.25, -0.2) is 4.79 Å². The van der Waals surface area contributed by atoms with Crippen LogP contribution in [0.3, 0.4) is 0 Å². The van der Waals surface area contributed by atoms with Crippen LogP contribution in [0.1, 0.15) is 27.2 Å². The Bertz CT molecular complexity index is 1230. The average Bonchev–Trinajstić information content (AvgIpc) is 3.07. The van der Waals surface area contributed by atoms with Crippen LogP contribution in [0.2, 0.25) is 5.02 Å². The molecule has 0 unspecified atom stereocenters. The van der Waals surface area contributed by atoms with Gasteiger partial charge >= 0.3 is 5.97 Å². The topological polar surface area (TPSA) is 44.1 Å². The second kappa shape index (κ2) is 9.00. The number of halogens is 1. The first-order chi connectivity index (χ1) is 14.9. The quantitative estimate of drug-likeness (QED) is 0.314. The van der Waals surface area contributed by atoms with Crippen LogP contribution in [-0.2, 0) is 0 Å². The highest BCUT2D eigenvalue weighted by molar-refractivity contribution is 7.99. The number of hydrogen-bond donors (Lipinski definition) is 0. The minimum atomic E-state index is -0.418. The molecule has 0 N–H and O–H groups in total. The lowest BCUT2D eigenvalue weighted by atomic mass is 10.1. The number of ether oxygens (including phenoxy) is 1. The van der Waals surface area contributed by atoms with Crippen molar-refractivity contribution in [3.05, 3.63) is 100 Å². The molecule has 0 amide bonds. The van der Waals surface area contributed by atoms with Gasteiger partial charge in [0.2, 0.25) is 5.88 Å². The fourth-order valence-electron chi connectivity index (χ4n) is 3.08. The molecule has 0 aliphatic carbocycles. The molecule has 0 saturated heterocycles. The highest BCUT2D eigenvalue weighted by Crippen LogP contribution is 2.39. The lowest BCUT2D eigenvalue weighted by molar-refractivity contribution is 0.0718. The van der Waals surface area contributed by atoms with Crippen LogP contribution in [0.5, 0.6) is 5.88 Å². The molecule has 0 saturated carbocycles. The molecule has 0 aliphatic heterocycles. The number of hydrogen-bond acceptors (Lipinski definition) is 4. The predicted octanol–water partition coefficient (Wildman–Crippen LogP) is 6.82. The van der Waals surface area contributed by atoms with E-state index in [0.29, 0.717) is 16.5 Å². The van der Waals surface area contributed by atoms with E-state index < -0.39 is 5.97 Å². The molecule has 3 aromatic carbocycles. The van der Waals surface area contributed by atoms with E-state index in [4.69, 9.17) is 16.3 Å². The van der Waals surface area contributed by atoms with Crippen molar-refractivity contribution in [2.24, 2.45) is 0 Å². The number of rotatable bonds is 5. The van der Waals surface area contributed by atoms with Crippen molar-refractivity contribution in [2.45, 2.75) is 30.6 Å². The normalized spacial score (nSPS) is 10.8. The van der Waals surface area contributed by atoms with Gasteiger partial charge in [0.25, 0.3) is 0 Å². The Morgan fingerprint density at radius 3 is 2.32 bits per heavy atom. The highest BCUT2D eigenvalue weighted by atomic mass is 35.5. The van der Waals surface area contributed by atoms with Crippen LogP contribution in [-0.4, -0.2) is 15.7 Å². The summed E-state index contributed by atoms with van der Waals surface area (Å²) in [7, 11) is 0. The maximum absolute atomic E-state index is 13.0. The summed E-state index contributed by atoms with van der Waals surface area (Å²) < 4.78 is 7.62. The zero-order valence-corrected chi connectivity index (χ0v) is 19.0. The summed E-state index contributed by atoms with van der Waals surface area (Å²) in [6.45, 7) is 5.90. The Balaban J connectivity index is 1.76. The van der Waals surface area contributed by atoms with E-state index in [1.165, 1.54) is 11.8 Å². The number of benzene rings is 3. The van der Waals surface area contributed by atoms with Crippen molar-refractivity contribution in [3.63, 3.8) is 0 Å². The van der Waals surface area contributed by atoms with Crippen molar-refractivity contribution in [3.8, 4) is 11.6 Å². The molecule has 0 radical (unpaired) electrons. The molecule has 4 nitrogen and oxygen atoms in total. The Morgan fingerprint density at radius 2 is 1.65 bits per heavy atom. The Hall–Kier alpha value is -3.02. The lowest BCUT2D eigenvalue weighted by Gasteiger charge is -2.11. The standard InChI is InChI=1S/C25H21ClN2O2S/c1-16-9-10-19(15-17(16)2)25(29)30-24-23(31-22-13-11-20(26)12-14-22)18(3)27-28(24)21-7-5-4-6-8-21/h4-15H,1-3H3. The molecule has 0 atom stereocenters. The molecule has 0 spiro atoms. The predicted molar refractivity (Wildman–Crippen MR) is 125 cm³/mol. The van der Waals surface area contributed by atoms with Crippen molar-refractivity contribution in [1.29, 1.82) is 0 Å². The van der Waals surface area contributed by atoms with Crippen LogP contribution >= 0.6 is 23.4 Å². The molecule has 6 heteroatoms. The van der Waals surface area contributed by atoms with Gasteiger partial charge in [-0.05, 0) is 80.4 Å². The minimum absolute atomic E-state index is 0.395. The van der Waals surface area contributed by atoms with E-state index >= 15 is 0 Å². The summed E-state index contributed by atoms with van der Waals surface area (Å²) in [4.78, 5) is 14.8. The Labute approximate surface area is 190 Å². The largest absolute Gasteiger partial charge is 0.402 e. The molecule has 1 heterocycles. The zero-order valence-electron chi connectivity index (χ0n) is 17.4. The van der Waals surface area contributed by atoms with E-state index in [2.05, 4.69) is 5.10 Å². The molecule has 156 valence electrons. The van der Waals surface area contributed by atoms with Gasteiger partial charge in [0.1, 0.15) is 0 Å². The van der Waals surface area contributed by atoms with Crippen LogP contribution < -0.4 is 4.74 Å². The van der Waals surface area contributed by atoms with Gasteiger partial charge < -0.3 is 4.74 Å². The molecule has 0 fully saturated rings. The third-order valence-corrected chi connectivity index (χ3v) is 6.37. The van der Waals surface area contributed by atoms with Gasteiger partial charge in [-0.2, -0.15) is 9.78 Å². The summed E-state index contributed by atoms with van der Waals surface area (Å²) in [5.41, 5.74) is 4.26. The molecule has 4 rings (SSSR count). The maximum atomic E-state index is 13.0. The van der Waals surface area contributed by atoms with Crippen LogP contribution in [0.15, 0.2) is 82.6 Å². The summed E-state index contributed by atoms with van der Waals surface area (Å²) in [5.74, 6) is -0.0231. The second-order valence-electron chi connectivity index (χ2n) is 7.21. The number of para-hydroxylation sites is 1. The van der Waals surface area contributed by atoms with E-state index in [1.807, 2.05) is 87.5 Å². The Kier molecular flexibility index (Phi) is 6.16. The third-order valence-electron chi connectivity index (χ3n) is 4.93. The molecule has 4 aromatic rings. The molecule has 31 heavy (non-hydrogen) atoms. The highest BCUT2D eigenvalue weighted by Gasteiger charge is 2.23. The van der Waals surface area contributed by atoms with Crippen LogP contribution in [0.25, 0.3) is 5.69 Å². The maximum Gasteiger partial charge on any atom is 0.344 e. The van der Waals surface area contributed by atoms with Crippen molar-refractivity contribution >= 4 is 29.3 Å². The molecular formula is C25H21ClN2O2S. The number of aromatic nitrogens is 2. The third kappa shape index (κ3) is 4.68. The van der Waals surface area contributed by atoms with Crippen LogP contribution in [0, 0.1) is 20.8 Å². The van der Waals surface area contributed by atoms with Crippen molar-refractivity contribution in [1.82, 2.24) is 9.78 Å². The molecular weight excluding hydrogens is 428 g/mol. The monoisotopic (exact) mass is 448 g/mol. The average molecular weight is 449 g/mol. The smallest absolute Gasteiger partial charge is 0.344 e. The zero-order chi connectivity index (χ0) is 22.0. The molecule has 0 bridgehead atoms. The Morgan fingerprint density at radius 1 is 0.935 bits per heavy atom. The van der Waals surface area contributed by atoms with Crippen LogP contribution in [0.4, 0.5) is 0 Å². The van der Waals surface area contributed by atoms with E-state index in [9.17, 15) is 4.79 Å². The fraction of sp³-hybridized carbons (Fsp3) is 0.120. The van der Waals surface area contributed by atoms with Gasteiger partial charge in [-0.15, -0.1) is 0 Å². The minimum Gasteiger partial charge on any atom is -0.402 e.